The van der Waals surface area contributed by atoms with Gasteiger partial charge in [-0.2, -0.15) is 0 Å². The lowest BCUT2D eigenvalue weighted by Crippen LogP contribution is -2.53. The third-order valence-electron chi connectivity index (χ3n) is 6.89. The number of sulfonamides is 1. The summed E-state index contributed by atoms with van der Waals surface area (Å²) in [5.74, 6) is -0.846. The molecule has 0 saturated carbocycles. The third-order valence-corrected chi connectivity index (χ3v) is 9.22. The van der Waals surface area contributed by atoms with Crippen molar-refractivity contribution in [1.29, 1.82) is 0 Å². The van der Waals surface area contributed by atoms with Crippen LogP contribution in [0.25, 0.3) is 0 Å². The summed E-state index contributed by atoms with van der Waals surface area (Å²) in [6.45, 7) is 9.01. The number of aryl methyl sites for hydroxylation is 2. The molecule has 220 valence electrons. The minimum atomic E-state index is -4.25. The molecule has 0 aliphatic rings. The molecule has 2 amide bonds. The van der Waals surface area contributed by atoms with Gasteiger partial charge >= 0.3 is 0 Å². The van der Waals surface area contributed by atoms with Crippen molar-refractivity contribution < 1.29 is 18.0 Å². The lowest BCUT2D eigenvalue weighted by Gasteiger charge is -2.34. The molecule has 3 rings (SSSR count). The molecule has 0 heterocycles. The number of amides is 2. The number of nitrogens with zero attached hydrogens (tertiary/aromatic N) is 2. The molecule has 0 aliphatic carbocycles. The van der Waals surface area contributed by atoms with Crippen LogP contribution in [0.2, 0.25) is 10.0 Å². The Morgan fingerprint density at radius 3 is 2.20 bits per heavy atom. The van der Waals surface area contributed by atoms with Crippen LogP contribution in [0.4, 0.5) is 5.69 Å². The first-order chi connectivity index (χ1) is 19.4. The first-order valence-corrected chi connectivity index (χ1v) is 15.8. The minimum Gasteiger partial charge on any atom is -0.352 e. The summed E-state index contributed by atoms with van der Waals surface area (Å²) in [5.41, 5.74) is 2.78. The van der Waals surface area contributed by atoms with Crippen LogP contribution in [0.1, 0.15) is 50.3 Å². The number of halogens is 2. The molecule has 3 aromatic rings. The fraction of sp³-hybridized carbons (Fsp3) is 0.355. The average Bonchev–Trinajstić information content (AvgIpc) is 2.93. The molecular formula is C31H37Cl2N3O4S. The summed E-state index contributed by atoms with van der Waals surface area (Å²) in [7, 11) is -4.25. The highest BCUT2D eigenvalue weighted by molar-refractivity contribution is 7.92. The van der Waals surface area contributed by atoms with E-state index in [9.17, 15) is 18.0 Å². The van der Waals surface area contributed by atoms with E-state index < -0.39 is 28.5 Å². The van der Waals surface area contributed by atoms with Gasteiger partial charge in [-0.25, -0.2) is 8.42 Å². The zero-order valence-corrected chi connectivity index (χ0v) is 26.4. The summed E-state index contributed by atoms with van der Waals surface area (Å²) in [4.78, 5) is 29.0. The van der Waals surface area contributed by atoms with E-state index in [1.165, 1.54) is 29.2 Å². The second-order valence-electron chi connectivity index (χ2n) is 10.2. The van der Waals surface area contributed by atoms with Crippen molar-refractivity contribution in [3.63, 3.8) is 0 Å². The molecule has 0 unspecified atom stereocenters. The van der Waals surface area contributed by atoms with Gasteiger partial charge in [-0.1, -0.05) is 84.6 Å². The molecule has 0 fully saturated rings. The van der Waals surface area contributed by atoms with Crippen LogP contribution in [-0.2, 0) is 26.2 Å². The molecule has 0 aliphatic heterocycles. The molecule has 2 atom stereocenters. The molecule has 0 aromatic heterocycles. The topological polar surface area (TPSA) is 86.8 Å². The van der Waals surface area contributed by atoms with Gasteiger partial charge in [-0.3, -0.25) is 13.9 Å². The predicted octanol–water partition coefficient (Wildman–Crippen LogP) is 6.53. The summed E-state index contributed by atoms with van der Waals surface area (Å²) in [6.07, 6.45) is 1.06. The number of anilines is 1. The molecule has 0 spiro atoms. The van der Waals surface area contributed by atoms with Gasteiger partial charge in [-0.05, 0) is 69.5 Å². The highest BCUT2D eigenvalue weighted by Gasteiger charge is 2.34. The quantitative estimate of drug-likeness (QED) is 0.250. The van der Waals surface area contributed by atoms with Crippen molar-refractivity contribution in [2.75, 3.05) is 10.8 Å². The number of rotatable bonds is 12. The molecule has 0 radical (unpaired) electrons. The smallest absolute Gasteiger partial charge is 0.264 e. The molecular weight excluding hydrogens is 581 g/mol. The van der Waals surface area contributed by atoms with Crippen LogP contribution in [0, 0.1) is 13.8 Å². The van der Waals surface area contributed by atoms with Gasteiger partial charge in [0.15, 0.2) is 0 Å². The van der Waals surface area contributed by atoms with E-state index in [2.05, 4.69) is 5.32 Å². The van der Waals surface area contributed by atoms with Crippen molar-refractivity contribution >= 4 is 50.7 Å². The van der Waals surface area contributed by atoms with Crippen molar-refractivity contribution in [3.05, 3.63) is 93.5 Å². The zero-order chi connectivity index (χ0) is 30.3. The SMILES string of the molecule is CC[C@@H](C)NC(=O)[C@H](CC)N(Cc1cccc(C)c1)C(=O)CN(c1cc(Cl)ccc1Cl)S(=O)(=O)c1ccc(C)cc1. The number of carbonyl (C=O) groups excluding carboxylic acids is 2. The first-order valence-electron chi connectivity index (χ1n) is 13.6. The second kappa shape index (κ2) is 14.2. The molecule has 0 bridgehead atoms. The Bertz CT molecular complexity index is 1480. The molecule has 10 heteroatoms. The minimum absolute atomic E-state index is 0.00117. The zero-order valence-electron chi connectivity index (χ0n) is 24.0. The maximum atomic E-state index is 14.2. The Balaban J connectivity index is 2.10. The molecule has 3 aromatic carbocycles. The molecule has 41 heavy (non-hydrogen) atoms. The van der Waals surface area contributed by atoms with Crippen molar-refractivity contribution in [2.24, 2.45) is 0 Å². The van der Waals surface area contributed by atoms with Crippen LogP contribution < -0.4 is 9.62 Å². The Morgan fingerprint density at radius 1 is 0.902 bits per heavy atom. The van der Waals surface area contributed by atoms with E-state index in [-0.39, 0.29) is 39.1 Å². The van der Waals surface area contributed by atoms with Gasteiger partial charge in [0.2, 0.25) is 11.8 Å². The largest absolute Gasteiger partial charge is 0.352 e. The van der Waals surface area contributed by atoms with Crippen LogP contribution >= 0.6 is 23.2 Å². The average molecular weight is 619 g/mol. The maximum Gasteiger partial charge on any atom is 0.264 e. The summed E-state index contributed by atoms with van der Waals surface area (Å²) in [5, 5.41) is 3.35. The van der Waals surface area contributed by atoms with Gasteiger partial charge in [-0.15, -0.1) is 0 Å². The van der Waals surface area contributed by atoms with Gasteiger partial charge in [0.25, 0.3) is 10.0 Å². The van der Waals surface area contributed by atoms with Crippen molar-refractivity contribution in [1.82, 2.24) is 10.2 Å². The van der Waals surface area contributed by atoms with Crippen LogP contribution in [0.15, 0.2) is 71.6 Å². The van der Waals surface area contributed by atoms with Gasteiger partial charge < -0.3 is 10.2 Å². The Morgan fingerprint density at radius 2 is 1.59 bits per heavy atom. The summed E-state index contributed by atoms with van der Waals surface area (Å²) >= 11 is 12.7. The standard InChI is InChI=1S/C31H37Cl2N3O4S/c1-6-23(5)34-31(38)28(7-2)35(19-24-10-8-9-22(4)17-24)30(37)20-36(29-18-25(32)13-16-27(29)33)41(39,40)26-14-11-21(3)12-15-26/h8-18,23,28H,6-7,19-20H2,1-5H3,(H,34,38)/t23-,28+/m1/s1. The van der Waals surface area contributed by atoms with Gasteiger partial charge in [0.05, 0.1) is 15.6 Å². The van der Waals surface area contributed by atoms with E-state index in [0.29, 0.717) is 6.42 Å². The summed E-state index contributed by atoms with van der Waals surface area (Å²) < 4.78 is 29.0. The maximum absolute atomic E-state index is 14.2. The third kappa shape index (κ3) is 8.24. The lowest BCUT2D eigenvalue weighted by molar-refractivity contribution is -0.140. The highest BCUT2D eigenvalue weighted by atomic mass is 35.5. The first kappa shape index (κ1) is 32.4. The van der Waals surface area contributed by atoms with Crippen LogP contribution in [0.3, 0.4) is 0 Å². The van der Waals surface area contributed by atoms with E-state index in [4.69, 9.17) is 23.2 Å². The fourth-order valence-corrected chi connectivity index (χ4v) is 6.26. The lowest BCUT2D eigenvalue weighted by atomic mass is 10.1. The Labute approximate surface area is 253 Å². The number of benzene rings is 3. The molecule has 0 saturated heterocycles. The number of carbonyl (C=O) groups is 2. The number of nitrogens with one attached hydrogen (secondary N) is 1. The van der Waals surface area contributed by atoms with Gasteiger partial charge in [0, 0.05) is 17.6 Å². The van der Waals surface area contributed by atoms with Crippen LogP contribution in [0.5, 0.6) is 0 Å². The fourth-order valence-electron chi connectivity index (χ4n) is 4.40. The van der Waals surface area contributed by atoms with E-state index in [1.54, 1.807) is 18.2 Å². The van der Waals surface area contributed by atoms with Crippen molar-refractivity contribution in [2.45, 2.75) is 71.0 Å². The van der Waals surface area contributed by atoms with Crippen LogP contribution in [-0.4, -0.2) is 43.8 Å². The molecule has 7 nitrogen and oxygen atoms in total. The Hall–Kier alpha value is -3.07. The summed E-state index contributed by atoms with van der Waals surface area (Å²) in [6, 6.07) is 17.5. The van der Waals surface area contributed by atoms with Gasteiger partial charge in [0.1, 0.15) is 12.6 Å². The van der Waals surface area contributed by atoms with E-state index in [0.717, 1.165) is 27.4 Å². The Kier molecular flexibility index (Phi) is 11.2. The number of hydrogen-bond acceptors (Lipinski definition) is 4. The highest BCUT2D eigenvalue weighted by Crippen LogP contribution is 2.33. The normalized spacial score (nSPS) is 12.9. The monoisotopic (exact) mass is 617 g/mol. The van der Waals surface area contributed by atoms with E-state index >= 15 is 0 Å². The predicted molar refractivity (Wildman–Crippen MR) is 166 cm³/mol. The number of hydrogen-bond donors (Lipinski definition) is 1. The van der Waals surface area contributed by atoms with E-state index in [1.807, 2.05) is 58.9 Å². The molecule has 1 N–H and O–H groups in total. The van der Waals surface area contributed by atoms with Crippen molar-refractivity contribution in [3.8, 4) is 0 Å². The second-order valence-corrected chi connectivity index (χ2v) is 12.9.